The fourth-order valence-electron chi connectivity index (χ4n) is 6.06. The minimum absolute atomic E-state index is 0.0154. The molecule has 1 heterocycles. The van der Waals surface area contributed by atoms with Crippen LogP contribution >= 0.6 is 0 Å². The molecule has 1 N–H and O–H groups in total. The van der Waals surface area contributed by atoms with Crippen LogP contribution in [0.2, 0.25) is 0 Å². The Bertz CT molecular complexity index is 1780. The van der Waals surface area contributed by atoms with Gasteiger partial charge in [-0.15, -0.1) is 0 Å². The Morgan fingerprint density at radius 3 is 2.22 bits per heavy atom. The van der Waals surface area contributed by atoms with E-state index in [0.717, 1.165) is 11.3 Å². The molecule has 3 aliphatic rings. The van der Waals surface area contributed by atoms with Crippen molar-refractivity contribution in [2.45, 2.75) is 44.4 Å². The first-order valence-corrected chi connectivity index (χ1v) is 14.7. The van der Waals surface area contributed by atoms with Crippen molar-refractivity contribution in [3.8, 4) is 5.75 Å². The van der Waals surface area contributed by atoms with Crippen LogP contribution in [-0.2, 0) is 19.7 Å². The largest absolute Gasteiger partial charge is 0.379 e. The number of rotatable bonds is 5. The van der Waals surface area contributed by atoms with E-state index in [-0.39, 0.29) is 33.5 Å². The lowest BCUT2D eigenvalue weighted by molar-refractivity contribution is -0.118. The van der Waals surface area contributed by atoms with Crippen molar-refractivity contribution in [3.05, 3.63) is 101 Å². The summed E-state index contributed by atoms with van der Waals surface area (Å²) >= 11 is 0. The van der Waals surface area contributed by atoms with Crippen molar-refractivity contribution >= 4 is 39.0 Å². The average molecular weight is 569 g/mol. The van der Waals surface area contributed by atoms with E-state index in [0.29, 0.717) is 40.9 Å². The summed E-state index contributed by atoms with van der Waals surface area (Å²) < 4.78 is 31.2. The van der Waals surface area contributed by atoms with Crippen LogP contribution in [0.25, 0.3) is 0 Å². The highest BCUT2D eigenvalue weighted by Crippen LogP contribution is 2.51. The number of hydrogen-bond donors (Lipinski definition) is 1. The molecule has 8 nitrogen and oxygen atoms in total. The monoisotopic (exact) mass is 568 g/mol. The number of nitrogens with zero attached hydrogens (tertiary/aromatic N) is 1. The standard InChI is InChI=1S/C32H28N2O6S/c1-18(35)33-20-10-14-22(15-11-20)41(38,39)40-21-12-8-19(9-13-21)27-28-25(16-32(2,3)17-26(28)36)34-30-23-6-4-5-7-24(23)31(37)29(27)30/h4-15,27,29H,16-17H2,1-3H3,(H,33,35)/t27-,29+/m0/s1. The number of anilines is 1. The van der Waals surface area contributed by atoms with E-state index in [1.165, 1.54) is 43.3 Å². The third-order valence-electron chi connectivity index (χ3n) is 7.75. The van der Waals surface area contributed by atoms with E-state index >= 15 is 0 Å². The van der Waals surface area contributed by atoms with Gasteiger partial charge in [-0.2, -0.15) is 8.42 Å². The minimum atomic E-state index is -4.15. The van der Waals surface area contributed by atoms with Crippen molar-refractivity contribution in [3.63, 3.8) is 0 Å². The van der Waals surface area contributed by atoms with Crippen molar-refractivity contribution < 1.29 is 27.0 Å². The van der Waals surface area contributed by atoms with Gasteiger partial charge in [0, 0.05) is 47.3 Å². The van der Waals surface area contributed by atoms with Gasteiger partial charge in [0.05, 0.1) is 11.6 Å². The molecule has 6 rings (SSSR count). The van der Waals surface area contributed by atoms with E-state index in [1.54, 1.807) is 18.2 Å². The highest BCUT2D eigenvalue weighted by Gasteiger charge is 2.50. The van der Waals surface area contributed by atoms with Crippen molar-refractivity contribution in [1.29, 1.82) is 0 Å². The second-order valence-electron chi connectivity index (χ2n) is 11.5. The van der Waals surface area contributed by atoms with Crippen LogP contribution in [0.1, 0.15) is 61.0 Å². The Labute approximate surface area is 238 Å². The van der Waals surface area contributed by atoms with Crippen molar-refractivity contribution in [2.75, 3.05) is 5.32 Å². The molecule has 0 saturated carbocycles. The number of aliphatic imine (C=N–C) groups is 1. The van der Waals surface area contributed by atoms with Gasteiger partial charge < -0.3 is 9.50 Å². The molecule has 0 fully saturated rings. The molecule has 1 amide bonds. The summed E-state index contributed by atoms with van der Waals surface area (Å²) in [6, 6.07) is 19.6. The zero-order chi connectivity index (χ0) is 29.1. The molecule has 0 unspecified atom stereocenters. The van der Waals surface area contributed by atoms with E-state index in [4.69, 9.17) is 9.18 Å². The Morgan fingerprint density at radius 1 is 0.902 bits per heavy atom. The lowest BCUT2D eigenvalue weighted by Crippen LogP contribution is -2.37. The predicted molar refractivity (Wildman–Crippen MR) is 154 cm³/mol. The maximum absolute atomic E-state index is 13.7. The number of carbonyl (C=O) groups is 3. The summed E-state index contributed by atoms with van der Waals surface area (Å²) in [7, 11) is -4.15. The molecule has 0 aromatic heterocycles. The molecule has 2 aliphatic carbocycles. The molecule has 41 heavy (non-hydrogen) atoms. The number of hydrogen-bond acceptors (Lipinski definition) is 7. The number of allylic oxidation sites excluding steroid dienone is 2. The van der Waals surface area contributed by atoms with E-state index < -0.39 is 22.0 Å². The Balaban J connectivity index is 1.34. The highest BCUT2D eigenvalue weighted by molar-refractivity contribution is 7.87. The number of fused-ring (bicyclic) bond motifs is 3. The number of Topliss-reactive ketones (excluding diaryl/α,β-unsaturated/α-hetero) is 2. The zero-order valence-electron chi connectivity index (χ0n) is 22.8. The topological polar surface area (TPSA) is 119 Å². The number of ketones is 2. The van der Waals surface area contributed by atoms with E-state index in [9.17, 15) is 22.8 Å². The maximum atomic E-state index is 13.7. The summed E-state index contributed by atoms with van der Waals surface area (Å²) in [5.41, 5.74) is 4.31. The van der Waals surface area contributed by atoms with E-state index in [2.05, 4.69) is 5.32 Å². The zero-order valence-corrected chi connectivity index (χ0v) is 23.6. The molecule has 0 bridgehead atoms. The van der Waals surface area contributed by atoms with Crippen LogP contribution in [-0.4, -0.2) is 31.6 Å². The normalized spacial score (nSPS) is 21.0. The van der Waals surface area contributed by atoms with Gasteiger partial charge in [-0.25, -0.2) is 0 Å². The Hall–Kier alpha value is -4.37. The fourth-order valence-corrected chi connectivity index (χ4v) is 6.99. The summed E-state index contributed by atoms with van der Waals surface area (Å²) in [5, 5.41) is 2.59. The van der Waals surface area contributed by atoms with Gasteiger partial charge in [0.2, 0.25) is 5.91 Å². The molecule has 0 saturated heterocycles. The molecular formula is C32H28N2O6S. The lowest BCUT2D eigenvalue weighted by Gasteiger charge is -2.38. The third kappa shape index (κ3) is 4.80. The van der Waals surface area contributed by atoms with E-state index in [1.807, 2.05) is 32.0 Å². The molecule has 0 radical (unpaired) electrons. The molecule has 3 aromatic carbocycles. The predicted octanol–water partition coefficient (Wildman–Crippen LogP) is 5.45. The SMILES string of the molecule is CC(=O)Nc1ccc(S(=O)(=O)Oc2ccc([C@H]3C4=C(CC(C)(C)CC4=O)N=C4c5ccccc5C(=O)[C@@H]43)cc2)cc1. The van der Waals surface area contributed by atoms with Gasteiger partial charge >= 0.3 is 10.1 Å². The van der Waals surface area contributed by atoms with Gasteiger partial charge in [0.25, 0.3) is 0 Å². The van der Waals surface area contributed by atoms with Crippen molar-refractivity contribution in [2.24, 2.45) is 16.3 Å². The fraction of sp³-hybridized carbons (Fsp3) is 0.250. The summed E-state index contributed by atoms with van der Waals surface area (Å²) in [6.07, 6.45) is 0.985. The minimum Gasteiger partial charge on any atom is -0.379 e. The van der Waals surface area contributed by atoms with Crippen LogP contribution in [0.15, 0.2) is 94.0 Å². The summed E-state index contributed by atoms with van der Waals surface area (Å²) in [4.78, 5) is 43.3. The summed E-state index contributed by atoms with van der Waals surface area (Å²) in [6.45, 7) is 5.45. The first-order valence-electron chi connectivity index (χ1n) is 13.3. The van der Waals surface area contributed by atoms with Crippen molar-refractivity contribution in [1.82, 2.24) is 0 Å². The van der Waals surface area contributed by atoms with Crippen LogP contribution in [0.3, 0.4) is 0 Å². The second kappa shape index (κ2) is 9.62. The molecule has 1 aliphatic heterocycles. The lowest BCUT2D eigenvalue weighted by atomic mass is 9.66. The number of nitrogens with one attached hydrogen (secondary N) is 1. The number of carbonyl (C=O) groups excluding carboxylic acids is 3. The van der Waals surface area contributed by atoms with Crippen LogP contribution in [0.4, 0.5) is 5.69 Å². The number of amides is 1. The second-order valence-corrected chi connectivity index (χ2v) is 13.0. The molecule has 9 heteroatoms. The Morgan fingerprint density at radius 2 is 1.56 bits per heavy atom. The molecule has 3 aromatic rings. The Kier molecular flexibility index (Phi) is 6.30. The first-order chi connectivity index (χ1) is 19.4. The van der Waals surface area contributed by atoms with Gasteiger partial charge in [-0.3, -0.25) is 19.4 Å². The highest BCUT2D eigenvalue weighted by atomic mass is 32.2. The average Bonchev–Trinajstić information content (AvgIpc) is 3.19. The maximum Gasteiger partial charge on any atom is 0.339 e. The van der Waals surface area contributed by atoms with Gasteiger partial charge in [-0.05, 0) is 53.8 Å². The molecule has 2 atom stereocenters. The smallest absolute Gasteiger partial charge is 0.339 e. The quantitative estimate of drug-likeness (QED) is 0.409. The van der Waals surface area contributed by atoms with Gasteiger partial charge in [-0.1, -0.05) is 50.2 Å². The van der Waals surface area contributed by atoms with Crippen LogP contribution < -0.4 is 9.50 Å². The molecule has 208 valence electrons. The van der Waals surface area contributed by atoms with Gasteiger partial charge in [0.15, 0.2) is 11.6 Å². The first kappa shape index (κ1) is 26.8. The molecule has 0 spiro atoms. The third-order valence-corrected chi connectivity index (χ3v) is 9.01. The molecular weight excluding hydrogens is 540 g/mol. The van der Waals surface area contributed by atoms with Crippen LogP contribution in [0, 0.1) is 11.3 Å². The summed E-state index contributed by atoms with van der Waals surface area (Å²) in [5.74, 6) is -1.42. The van der Waals surface area contributed by atoms with Gasteiger partial charge in [0.1, 0.15) is 10.6 Å². The van der Waals surface area contributed by atoms with Crippen LogP contribution in [0.5, 0.6) is 5.75 Å². The number of benzene rings is 3.